The van der Waals surface area contributed by atoms with Gasteiger partial charge in [0.05, 0.1) is 0 Å². The lowest BCUT2D eigenvalue weighted by atomic mass is 9.91. The summed E-state index contributed by atoms with van der Waals surface area (Å²) in [5.41, 5.74) is 4.25. The molecule has 1 atom stereocenters. The molecule has 1 aliphatic carbocycles. The van der Waals surface area contributed by atoms with Crippen LogP contribution in [0.1, 0.15) is 49.4 Å². The predicted octanol–water partition coefficient (Wildman–Crippen LogP) is 3.95. The fraction of sp³-hybridized carbons (Fsp3) is 0.556. The Morgan fingerprint density at radius 2 is 2.14 bits per heavy atom. The molecule has 2 N–H and O–H groups in total. The average molecular weight is 286 g/mol. The zero-order valence-electron chi connectivity index (χ0n) is 13.0. The number of unbranched alkanes of at least 4 members (excludes halogenated alkanes) is 2. The molecule has 0 radical (unpaired) electrons. The van der Waals surface area contributed by atoms with Crippen LogP contribution in [0.15, 0.2) is 24.3 Å². The molecule has 1 heterocycles. The van der Waals surface area contributed by atoms with Crippen LogP contribution in [-0.2, 0) is 11.2 Å². The van der Waals surface area contributed by atoms with E-state index in [4.69, 9.17) is 4.74 Å². The summed E-state index contributed by atoms with van der Waals surface area (Å²) in [5, 5.41) is 5.16. The van der Waals surface area contributed by atoms with Gasteiger partial charge in [-0.1, -0.05) is 18.2 Å². The van der Waals surface area contributed by atoms with E-state index in [1.165, 1.54) is 60.7 Å². The van der Waals surface area contributed by atoms with E-state index in [2.05, 4.69) is 34.6 Å². The molecular formula is C18H26N2O. The molecule has 0 bridgehead atoms. The third-order valence-corrected chi connectivity index (χ3v) is 4.53. The maximum atomic E-state index is 5.09. The third-order valence-electron chi connectivity index (χ3n) is 4.53. The predicted molar refractivity (Wildman–Crippen MR) is 87.7 cm³/mol. The molecule has 1 aliphatic rings. The topological polar surface area (TPSA) is 37.0 Å². The van der Waals surface area contributed by atoms with Crippen LogP contribution < -0.4 is 5.32 Å². The quantitative estimate of drug-likeness (QED) is 0.756. The summed E-state index contributed by atoms with van der Waals surface area (Å²) in [6.07, 6.45) is 7.39. The summed E-state index contributed by atoms with van der Waals surface area (Å²) < 4.78 is 5.09. The van der Waals surface area contributed by atoms with Crippen LogP contribution in [0.4, 0.5) is 0 Å². The van der Waals surface area contributed by atoms with Gasteiger partial charge in [-0.2, -0.15) is 0 Å². The number of para-hydroxylation sites is 1. The maximum Gasteiger partial charge on any atom is 0.0476 e. The van der Waals surface area contributed by atoms with Gasteiger partial charge in [-0.25, -0.2) is 0 Å². The van der Waals surface area contributed by atoms with Gasteiger partial charge in [0, 0.05) is 36.4 Å². The van der Waals surface area contributed by atoms with Crippen LogP contribution in [0.25, 0.3) is 10.9 Å². The number of fused-ring (bicyclic) bond motifs is 3. The van der Waals surface area contributed by atoms with E-state index in [0.717, 1.165) is 13.2 Å². The van der Waals surface area contributed by atoms with Crippen LogP contribution in [0, 0.1) is 0 Å². The first-order chi connectivity index (χ1) is 10.4. The van der Waals surface area contributed by atoms with Crippen molar-refractivity contribution in [1.82, 2.24) is 10.3 Å². The lowest BCUT2D eigenvalue weighted by molar-refractivity contribution is 0.192. The molecule has 3 heteroatoms. The Morgan fingerprint density at radius 1 is 1.24 bits per heavy atom. The second-order valence-electron chi connectivity index (χ2n) is 6.02. The number of benzene rings is 1. The lowest BCUT2D eigenvalue weighted by Crippen LogP contribution is -2.26. The first kappa shape index (κ1) is 14.6. The normalized spacial score (nSPS) is 18.0. The molecule has 0 amide bonds. The van der Waals surface area contributed by atoms with Crippen LogP contribution in [0.5, 0.6) is 0 Å². The van der Waals surface area contributed by atoms with E-state index in [-0.39, 0.29) is 0 Å². The number of hydrogen-bond acceptors (Lipinski definition) is 2. The number of hydrogen-bond donors (Lipinski definition) is 2. The number of nitrogens with one attached hydrogen (secondary N) is 2. The highest BCUT2D eigenvalue weighted by atomic mass is 16.5. The van der Waals surface area contributed by atoms with Gasteiger partial charge >= 0.3 is 0 Å². The van der Waals surface area contributed by atoms with Crippen LogP contribution in [0.2, 0.25) is 0 Å². The van der Waals surface area contributed by atoms with Crippen molar-refractivity contribution in [1.29, 1.82) is 0 Å². The molecule has 0 fully saturated rings. The first-order valence-corrected chi connectivity index (χ1v) is 8.22. The fourth-order valence-corrected chi connectivity index (χ4v) is 3.44. The maximum absolute atomic E-state index is 5.09. The molecule has 3 rings (SSSR count). The monoisotopic (exact) mass is 286 g/mol. The number of ether oxygens (including phenoxy) is 1. The van der Waals surface area contributed by atoms with Crippen molar-refractivity contribution in [2.45, 2.75) is 44.6 Å². The minimum absolute atomic E-state index is 0.503. The Morgan fingerprint density at radius 3 is 3.05 bits per heavy atom. The van der Waals surface area contributed by atoms with E-state index in [1.54, 1.807) is 7.11 Å². The van der Waals surface area contributed by atoms with Crippen molar-refractivity contribution in [3.8, 4) is 0 Å². The standard InChI is InChI=1S/C18H26N2O/c1-21-13-6-2-5-12-19-17-11-7-9-15-14-8-3-4-10-16(14)20-18(15)17/h3-4,8,10,17,19-20H,2,5-7,9,11-13H2,1H3. The minimum atomic E-state index is 0.503. The van der Waals surface area contributed by atoms with E-state index in [0.29, 0.717) is 6.04 Å². The van der Waals surface area contributed by atoms with E-state index in [9.17, 15) is 0 Å². The second-order valence-corrected chi connectivity index (χ2v) is 6.02. The summed E-state index contributed by atoms with van der Waals surface area (Å²) in [6, 6.07) is 9.20. The molecule has 0 saturated carbocycles. The number of rotatable bonds is 7. The number of methoxy groups -OCH3 is 1. The van der Waals surface area contributed by atoms with Gasteiger partial charge < -0.3 is 15.0 Å². The molecule has 21 heavy (non-hydrogen) atoms. The van der Waals surface area contributed by atoms with Crippen molar-refractivity contribution >= 4 is 10.9 Å². The third kappa shape index (κ3) is 3.30. The molecule has 2 aromatic rings. The Balaban J connectivity index is 1.61. The number of aromatic nitrogens is 1. The highest BCUT2D eigenvalue weighted by molar-refractivity contribution is 5.85. The summed E-state index contributed by atoms with van der Waals surface area (Å²) in [5.74, 6) is 0. The Hall–Kier alpha value is -1.32. The lowest BCUT2D eigenvalue weighted by Gasteiger charge is -2.24. The Bertz CT molecular complexity index is 576. The fourth-order valence-electron chi connectivity index (χ4n) is 3.44. The van der Waals surface area contributed by atoms with Crippen LogP contribution >= 0.6 is 0 Å². The van der Waals surface area contributed by atoms with Gasteiger partial charge in [-0.15, -0.1) is 0 Å². The summed E-state index contributed by atoms with van der Waals surface area (Å²) in [6.45, 7) is 1.98. The molecule has 3 nitrogen and oxygen atoms in total. The van der Waals surface area contributed by atoms with Crippen molar-refractivity contribution in [3.05, 3.63) is 35.5 Å². The zero-order valence-corrected chi connectivity index (χ0v) is 13.0. The zero-order chi connectivity index (χ0) is 14.5. The van der Waals surface area contributed by atoms with E-state index >= 15 is 0 Å². The Kier molecular flexibility index (Phi) is 4.94. The van der Waals surface area contributed by atoms with Crippen LogP contribution in [-0.4, -0.2) is 25.2 Å². The summed E-state index contributed by atoms with van der Waals surface area (Å²) in [4.78, 5) is 3.64. The van der Waals surface area contributed by atoms with Crippen molar-refractivity contribution in [2.75, 3.05) is 20.3 Å². The minimum Gasteiger partial charge on any atom is -0.385 e. The molecule has 0 aliphatic heterocycles. The molecule has 1 unspecified atom stereocenters. The molecule has 1 aromatic heterocycles. The van der Waals surface area contributed by atoms with E-state index < -0.39 is 0 Å². The molecule has 0 spiro atoms. The van der Waals surface area contributed by atoms with Crippen molar-refractivity contribution in [2.24, 2.45) is 0 Å². The molecule has 114 valence electrons. The molecular weight excluding hydrogens is 260 g/mol. The van der Waals surface area contributed by atoms with Crippen LogP contribution in [0.3, 0.4) is 0 Å². The molecule has 1 aromatic carbocycles. The van der Waals surface area contributed by atoms with Gasteiger partial charge in [0.2, 0.25) is 0 Å². The smallest absolute Gasteiger partial charge is 0.0476 e. The largest absolute Gasteiger partial charge is 0.385 e. The number of H-pyrrole nitrogens is 1. The molecule has 0 saturated heterocycles. The second kappa shape index (κ2) is 7.10. The van der Waals surface area contributed by atoms with E-state index in [1.807, 2.05) is 0 Å². The average Bonchev–Trinajstić information content (AvgIpc) is 2.90. The SMILES string of the molecule is COCCCCCNC1CCCc2c1[nH]c1ccccc21. The van der Waals surface area contributed by atoms with Gasteiger partial charge in [0.25, 0.3) is 0 Å². The highest BCUT2D eigenvalue weighted by Gasteiger charge is 2.23. The number of aryl methyl sites for hydroxylation is 1. The van der Waals surface area contributed by atoms with Crippen molar-refractivity contribution < 1.29 is 4.74 Å². The van der Waals surface area contributed by atoms with Gasteiger partial charge in [0.1, 0.15) is 0 Å². The summed E-state index contributed by atoms with van der Waals surface area (Å²) >= 11 is 0. The van der Waals surface area contributed by atoms with Gasteiger partial charge in [0.15, 0.2) is 0 Å². The first-order valence-electron chi connectivity index (χ1n) is 8.22. The Labute approximate surface area is 127 Å². The highest BCUT2D eigenvalue weighted by Crippen LogP contribution is 2.34. The van der Waals surface area contributed by atoms with Gasteiger partial charge in [-0.05, 0) is 56.7 Å². The summed E-state index contributed by atoms with van der Waals surface area (Å²) in [7, 11) is 1.78. The van der Waals surface area contributed by atoms with Gasteiger partial charge in [-0.3, -0.25) is 0 Å². The van der Waals surface area contributed by atoms with Crippen molar-refractivity contribution in [3.63, 3.8) is 0 Å². The number of aromatic amines is 1.